The summed E-state index contributed by atoms with van der Waals surface area (Å²) in [6.45, 7) is 0.272. The fourth-order valence-corrected chi connectivity index (χ4v) is 2.59. The van der Waals surface area contributed by atoms with Gasteiger partial charge in [0.2, 0.25) is 0 Å². The summed E-state index contributed by atoms with van der Waals surface area (Å²) < 4.78 is 8.28. The molecule has 5 nitrogen and oxygen atoms in total. The van der Waals surface area contributed by atoms with E-state index in [4.69, 9.17) is 16.3 Å². The van der Waals surface area contributed by atoms with Crippen molar-refractivity contribution in [3.05, 3.63) is 60.3 Å². The minimum absolute atomic E-state index is 0.116. The van der Waals surface area contributed by atoms with Gasteiger partial charge >= 0.3 is 5.69 Å². The van der Waals surface area contributed by atoms with Crippen LogP contribution < -0.4 is 16.0 Å². The number of halogens is 2. The van der Waals surface area contributed by atoms with Crippen molar-refractivity contribution in [1.82, 2.24) is 9.13 Å². The van der Waals surface area contributed by atoms with Gasteiger partial charge in [0.15, 0.2) is 0 Å². The van der Waals surface area contributed by atoms with E-state index in [0.717, 1.165) is 14.6 Å². The van der Waals surface area contributed by atoms with Gasteiger partial charge in [-0.05, 0) is 33.6 Å². The normalized spacial score (nSPS) is 10.6. The topological polar surface area (TPSA) is 53.2 Å². The van der Waals surface area contributed by atoms with Crippen molar-refractivity contribution < 1.29 is 4.74 Å². The Hall–Kier alpha value is -1.53. The van der Waals surface area contributed by atoms with Gasteiger partial charge in [-0.1, -0.05) is 17.7 Å². The van der Waals surface area contributed by atoms with Gasteiger partial charge in [-0.15, -0.1) is 0 Å². The number of methoxy groups -OCH3 is 1. The predicted molar refractivity (Wildman–Crippen MR) is 80.7 cm³/mol. The maximum Gasteiger partial charge on any atom is 0.332 e. The van der Waals surface area contributed by atoms with Crippen molar-refractivity contribution in [2.24, 2.45) is 7.05 Å². The van der Waals surface area contributed by atoms with Crippen molar-refractivity contribution >= 4 is 27.5 Å². The van der Waals surface area contributed by atoms with Crippen molar-refractivity contribution in [1.29, 1.82) is 0 Å². The van der Waals surface area contributed by atoms with Gasteiger partial charge < -0.3 is 4.74 Å². The molecule has 0 saturated heterocycles. The van der Waals surface area contributed by atoms with Crippen molar-refractivity contribution in [2.75, 3.05) is 7.11 Å². The van der Waals surface area contributed by atoms with E-state index in [-0.39, 0.29) is 11.7 Å². The Morgan fingerprint density at radius 3 is 2.60 bits per heavy atom. The van der Waals surface area contributed by atoms with Crippen LogP contribution in [0.15, 0.2) is 38.3 Å². The second-order valence-corrected chi connectivity index (χ2v) is 5.44. The van der Waals surface area contributed by atoms with E-state index in [1.165, 1.54) is 17.7 Å². The van der Waals surface area contributed by atoms with Gasteiger partial charge in [0, 0.05) is 13.1 Å². The lowest BCUT2D eigenvalue weighted by Gasteiger charge is -2.11. The van der Waals surface area contributed by atoms with E-state index in [0.29, 0.717) is 5.75 Å². The number of hydrogen-bond acceptors (Lipinski definition) is 3. The molecular formula is C13H12BrClN2O3. The Balaban J connectivity index is 2.45. The highest BCUT2D eigenvalue weighted by molar-refractivity contribution is 9.10. The maximum absolute atomic E-state index is 12.0. The third-order valence-electron chi connectivity index (χ3n) is 2.91. The summed E-state index contributed by atoms with van der Waals surface area (Å²) in [4.78, 5) is 23.5. The van der Waals surface area contributed by atoms with Crippen molar-refractivity contribution in [3.63, 3.8) is 0 Å². The van der Waals surface area contributed by atoms with Crippen LogP contribution in [-0.2, 0) is 13.6 Å². The lowest BCUT2D eigenvalue weighted by Crippen LogP contribution is -2.37. The van der Waals surface area contributed by atoms with E-state index in [9.17, 15) is 9.59 Å². The Labute approximate surface area is 128 Å². The first-order valence-corrected chi connectivity index (χ1v) is 6.90. The van der Waals surface area contributed by atoms with E-state index >= 15 is 0 Å². The SMILES string of the molecule is COc1ccc(Cn2c(Cl)cc(=O)n(C)c2=O)cc1Br. The molecule has 0 fully saturated rings. The Morgan fingerprint density at radius 2 is 2.00 bits per heavy atom. The molecule has 0 spiro atoms. The zero-order valence-corrected chi connectivity index (χ0v) is 13.2. The molecule has 0 aliphatic rings. The van der Waals surface area contributed by atoms with E-state index < -0.39 is 11.2 Å². The summed E-state index contributed by atoms with van der Waals surface area (Å²) in [5.41, 5.74) is -0.0121. The maximum atomic E-state index is 12.0. The molecule has 106 valence electrons. The summed E-state index contributed by atoms with van der Waals surface area (Å²) >= 11 is 9.35. The number of aromatic nitrogens is 2. The summed E-state index contributed by atoms with van der Waals surface area (Å²) in [6.07, 6.45) is 0. The van der Waals surface area contributed by atoms with Gasteiger partial charge in [0.25, 0.3) is 5.56 Å². The minimum atomic E-state index is -0.450. The van der Waals surface area contributed by atoms with Crippen LogP contribution in [0.3, 0.4) is 0 Å². The molecule has 1 aromatic heterocycles. The number of ether oxygens (including phenoxy) is 1. The number of hydrogen-bond donors (Lipinski definition) is 0. The molecule has 2 rings (SSSR count). The molecule has 0 unspecified atom stereocenters. The highest BCUT2D eigenvalue weighted by Crippen LogP contribution is 2.25. The predicted octanol–water partition coefficient (Wildman–Crippen LogP) is 2.02. The number of rotatable bonds is 3. The number of nitrogens with zero attached hydrogens (tertiary/aromatic N) is 2. The van der Waals surface area contributed by atoms with Gasteiger partial charge in [0.05, 0.1) is 18.1 Å². The lowest BCUT2D eigenvalue weighted by molar-refractivity contribution is 0.412. The molecular weight excluding hydrogens is 348 g/mol. The van der Waals surface area contributed by atoms with Gasteiger partial charge in [-0.3, -0.25) is 13.9 Å². The third-order valence-corrected chi connectivity index (χ3v) is 3.84. The van der Waals surface area contributed by atoms with E-state index in [2.05, 4.69) is 15.9 Å². The standard InChI is InChI=1S/C13H12BrClN2O3/c1-16-12(18)6-11(15)17(13(16)19)7-8-3-4-10(20-2)9(14)5-8/h3-6H,7H2,1-2H3. The molecule has 2 aromatic rings. The quantitative estimate of drug-likeness (QED) is 0.788. The summed E-state index contributed by atoms with van der Waals surface area (Å²) in [7, 11) is 3.00. The summed E-state index contributed by atoms with van der Waals surface area (Å²) in [6, 6.07) is 6.69. The van der Waals surface area contributed by atoms with Crippen LogP contribution in [0.1, 0.15) is 5.56 Å². The molecule has 1 aromatic carbocycles. The molecule has 7 heteroatoms. The molecule has 0 aliphatic carbocycles. The van der Waals surface area contributed by atoms with Crippen molar-refractivity contribution in [2.45, 2.75) is 6.54 Å². The average molecular weight is 360 g/mol. The largest absolute Gasteiger partial charge is 0.496 e. The second-order valence-electron chi connectivity index (χ2n) is 4.20. The number of benzene rings is 1. The van der Waals surface area contributed by atoms with Crippen LogP contribution in [0.4, 0.5) is 0 Å². The molecule has 0 N–H and O–H groups in total. The molecule has 0 bridgehead atoms. The molecule has 0 radical (unpaired) electrons. The van der Waals surface area contributed by atoms with Crippen LogP contribution in [-0.4, -0.2) is 16.2 Å². The molecule has 0 amide bonds. The minimum Gasteiger partial charge on any atom is -0.496 e. The fraction of sp³-hybridized carbons (Fsp3) is 0.231. The Kier molecular flexibility index (Phi) is 4.35. The Bertz CT molecular complexity index is 767. The first-order valence-electron chi connectivity index (χ1n) is 5.73. The molecule has 0 saturated carbocycles. The van der Waals surface area contributed by atoms with Gasteiger partial charge in [-0.25, -0.2) is 4.79 Å². The van der Waals surface area contributed by atoms with E-state index in [1.807, 2.05) is 12.1 Å². The van der Waals surface area contributed by atoms with Crippen molar-refractivity contribution in [3.8, 4) is 5.75 Å². The third kappa shape index (κ3) is 2.81. The zero-order chi connectivity index (χ0) is 14.9. The van der Waals surface area contributed by atoms with Crippen LogP contribution in [0, 0.1) is 0 Å². The summed E-state index contributed by atoms with van der Waals surface area (Å²) in [5, 5.41) is 0.116. The molecule has 0 atom stereocenters. The van der Waals surface area contributed by atoms with Crippen LogP contribution in [0.25, 0.3) is 0 Å². The molecule has 0 aliphatic heterocycles. The Morgan fingerprint density at radius 1 is 1.30 bits per heavy atom. The first-order chi connectivity index (χ1) is 9.43. The zero-order valence-electron chi connectivity index (χ0n) is 10.9. The van der Waals surface area contributed by atoms with Crippen LogP contribution in [0.5, 0.6) is 5.75 Å². The summed E-state index contributed by atoms with van der Waals surface area (Å²) in [5.74, 6) is 0.702. The molecule has 1 heterocycles. The second kappa shape index (κ2) is 5.85. The molecule has 20 heavy (non-hydrogen) atoms. The first kappa shape index (κ1) is 14.9. The highest BCUT2D eigenvalue weighted by Gasteiger charge is 2.09. The monoisotopic (exact) mass is 358 g/mol. The van der Waals surface area contributed by atoms with Gasteiger partial charge in [-0.2, -0.15) is 0 Å². The van der Waals surface area contributed by atoms with Gasteiger partial charge in [0.1, 0.15) is 10.9 Å². The fourth-order valence-electron chi connectivity index (χ4n) is 1.78. The highest BCUT2D eigenvalue weighted by atomic mass is 79.9. The van der Waals surface area contributed by atoms with Crippen LogP contribution in [0.2, 0.25) is 5.15 Å². The van der Waals surface area contributed by atoms with Crippen LogP contribution >= 0.6 is 27.5 Å². The smallest absolute Gasteiger partial charge is 0.332 e. The van der Waals surface area contributed by atoms with E-state index in [1.54, 1.807) is 13.2 Å². The lowest BCUT2D eigenvalue weighted by atomic mass is 10.2. The average Bonchev–Trinajstić information content (AvgIpc) is 2.41.